The first kappa shape index (κ1) is 12.9. The third-order valence-electron chi connectivity index (χ3n) is 1.94. The van der Waals surface area contributed by atoms with E-state index in [9.17, 15) is 4.39 Å². The Morgan fingerprint density at radius 1 is 1.06 bits per heavy atom. The van der Waals surface area contributed by atoms with E-state index in [2.05, 4.69) is 0 Å². The van der Waals surface area contributed by atoms with Gasteiger partial charge in [0, 0.05) is 13.2 Å². The zero-order chi connectivity index (χ0) is 11.8. The highest BCUT2D eigenvalue weighted by Crippen LogP contribution is 2.15. The van der Waals surface area contributed by atoms with Crippen LogP contribution in [-0.4, -0.2) is 33.5 Å². The number of hydrogen-bond donors (Lipinski definition) is 0. The molecular formula is C12H17FO3. The first-order valence-corrected chi connectivity index (χ1v) is 5.19. The first-order valence-electron chi connectivity index (χ1n) is 5.19. The molecule has 3 nitrogen and oxygen atoms in total. The summed E-state index contributed by atoms with van der Waals surface area (Å²) in [6, 6.07) is 4.61. The predicted octanol–water partition coefficient (Wildman–Crippen LogP) is 2.18. The van der Waals surface area contributed by atoms with Gasteiger partial charge >= 0.3 is 0 Å². The summed E-state index contributed by atoms with van der Waals surface area (Å²) in [4.78, 5) is 0. The molecule has 0 unspecified atom stereocenters. The van der Waals surface area contributed by atoms with E-state index in [4.69, 9.17) is 14.2 Å². The van der Waals surface area contributed by atoms with E-state index in [1.165, 1.54) is 12.1 Å². The second-order valence-electron chi connectivity index (χ2n) is 3.42. The number of aryl methyl sites for hydroxylation is 1. The SMILES string of the molecule is COCCOCCOc1cc(C)cc(F)c1. The molecule has 0 aliphatic carbocycles. The van der Waals surface area contributed by atoms with Gasteiger partial charge in [-0.05, 0) is 24.6 Å². The summed E-state index contributed by atoms with van der Waals surface area (Å²) in [7, 11) is 1.62. The molecule has 0 atom stereocenters. The fraction of sp³-hybridized carbons (Fsp3) is 0.500. The highest BCUT2D eigenvalue weighted by Gasteiger charge is 1.98. The molecule has 0 spiro atoms. The van der Waals surface area contributed by atoms with Gasteiger partial charge in [0.05, 0.1) is 19.8 Å². The molecule has 90 valence electrons. The van der Waals surface area contributed by atoms with Crippen molar-refractivity contribution in [3.05, 3.63) is 29.6 Å². The van der Waals surface area contributed by atoms with Crippen LogP contribution >= 0.6 is 0 Å². The van der Waals surface area contributed by atoms with Crippen molar-refractivity contribution < 1.29 is 18.6 Å². The fourth-order valence-corrected chi connectivity index (χ4v) is 1.25. The van der Waals surface area contributed by atoms with E-state index in [1.807, 2.05) is 6.92 Å². The van der Waals surface area contributed by atoms with Crippen molar-refractivity contribution in [1.82, 2.24) is 0 Å². The van der Waals surface area contributed by atoms with Crippen molar-refractivity contribution in [3.8, 4) is 5.75 Å². The van der Waals surface area contributed by atoms with Gasteiger partial charge < -0.3 is 14.2 Å². The fourth-order valence-electron chi connectivity index (χ4n) is 1.25. The van der Waals surface area contributed by atoms with Gasteiger partial charge in [0.2, 0.25) is 0 Å². The van der Waals surface area contributed by atoms with Gasteiger partial charge in [-0.2, -0.15) is 0 Å². The highest BCUT2D eigenvalue weighted by atomic mass is 19.1. The number of halogens is 1. The van der Waals surface area contributed by atoms with Gasteiger partial charge in [-0.1, -0.05) is 0 Å². The largest absolute Gasteiger partial charge is 0.491 e. The lowest BCUT2D eigenvalue weighted by Crippen LogP contribution is -2.10. The molecule has 0 amide bonds. The number of hydrogen-bond acceptors (Lipinski definition) is 3. The van der Waals surface area contributed by atoms with E-state index in [0.717, 1.165) is 5.56 Å². The van der Waals surface area contributed by atoms with E-state index in [-0.39, 0.29) is 5.82 Å². The summed E-state index contributed by atoms with van der Waals surface area (Å²) in [5.41, 5.74) is 0.843. The minimum atomic E-state index is -0.282. The minimum absolute atomic E-state index is 0.282. The number of methoxy groups -OCH3 is 1. The van der Waals surface area contributed by atoms with Crippen molar-refractivity contribution in [3.63, 3.8) is 0 Å². The first-order chi connectivity index (χ1) is 7.72. The van der Waals surface area contributed by atoms with Crippen LogP contribution < -0.4 is 4.74 Å². The molecule has 1 aromatic carbocycles. The zero-order valence-electron chi connectivity index (χ0n) is 9.66. The van der Waals surface area contributed by atoms with Gasteiger partial charge in [0.1, 0.15) is 18.2 Å². The van der Waals surface area contributed by atoms with Gasteiger partial charge in [0.25, 0.3) is 0 Å². The van der Waals surface area contributed by atoms with Crippen molar-refractivity contribution in [1.29, 1.82) is 0 Å². The van der Waals surface area contributed by atoms with Crippen molar-refractivity contribution in [2.45, 2.75) is 6.92 Å². The number of benzene rings is 1. The molecule has 1 aromatic rings. The average Bonchev–Trinajstić information content (AvgIpc) is 2.22. The Kier molecular flexibility index (Phi) is 5.82. The maximum Gasteiger partial charge on any atom is 0.127 e. The molecule has 0 fully saturated rings. The molecule has 1 rings (SSSR count). The molecular weight excluding hydrogens is 211 g/mol. The third-order valence-corrected chi connectivity index (χ3v) is 1.94. The van der Waals surface area contributed by atoms with E-state index in [1.54, 1.807) is 13.2 Å². The lowest BCUT2D eigenvalue weighted by Gasteiger charge is -2.07. The van der Waals surface area contributed by atoms with Gasteiger partial charge in [0.15, 0.2) is 0 Å². The van der Waals surface area contributed by atoms with Crippen molar-refractivity contribution in [2.24, 2.45) is 0 Å². The van der Waals surface area contributed by atoms with Crippen molar-refractivity contribution in [2.75, 3.05) is 33.5 Å². The molecule has 4 heteroatoms. The van der Waals surface area contributed by atoms with Crippen LogP contribution in [0.3, 0.4) is 0 Å². The summed E-state index contributed by atoms with van der Waals surface area (Å²) >= 11 is 0. The normalized spacial score (nSPS) is 10.4. The lowest BCUT2D eigenvalue weighted by atomic mass is 10.2. The highest BCUT2D eigenvalue weighted by molar-refractivity contribution is 5.28. The molecule has 0 saturated carbocycles. The maximum atomic E-state index is 13.0. The standard InChI is InChI=1S/C12H17FO3/c1-10-7-11(13)9-12(8-10)16-6-5-15-4-3-14-2/h7-9H,3-6H2,1-2H3. The van der Waals surface area contributed by atoms with E-state index in [0.29, 0.717) is 32.2 Å². The predicted molar refractivity (Wildman–Crippen MR) is 59.3 cm³/mol. The van der Waals surface area contributed by atoms with Gasteiger partial charge in [-0.15, -0.1) is 0 Å². The Morgan fingerprint density at radius 3 is 2.50 bits per heavy atom. The molecule has 0 bridgehead atoms. The minimum Gasteiger partial charge on any atom is -0.491 e. The zero-order valence-corrected chi connectivity index (χ0v) is 9.66. The Hall–Kier alpha value is -1.13. The Morgan fingerprint density at radius 2 is 1.81 bits per heavy atom. The lowest BCUT2D eigenvalue weighted by molar-refractivity contribution is 0.0544. The molecule has 0 saturated heterocycles. The van der Waals surface area contributed by atoms with Crippen LogP contribution in [0.1, 0.15) is 5.56 Å². The molecule has 16 heavy (non-hydrogen) atoms. The van der Waals surface area contributed by atoms with E-state index < -0.39 is 0 Å². The molecule has 0 N–H and O–H groups in total. The Bertz CT molecular complexity index is 295. The smallest absolute Gasteiger partial charge is 0.127 e. The molecule has 0 aliphatic heterocycles. The van der Waals surface area contributed by atoms with Crippen LogP contribution in [-0.2, 0) is 9.47 Å². The summed E-state index contributed by atoms with van der Waals surface area (Å²) < 4.78 is 28.4. The summed E-state index contributed by atoms with van der Waals surface area (Å²) in [5.74, 6) is 0.253. The molecule has 0 heterocycles. The molecule has 0 aromatic heterocycles. The van der Waals surface area contributed by atoms with Crippen LogP contribution in [0.5, 0.6) is 5.75 Å². The Balaban J connectivity index is 2.21. The average molecular weight is 228 g/mol. The molecule has 0 radical (unpaired) electrons. The van der Waals surface area contributed by atoms with Crippen LogP contribution in [0.2, 0.25) is 0 Å². The van der Waals surface area contributed by atoms with Crippen LogP contribution in [0.15, 0.2) is 18.2 Å². The van der Waals surface area contributed by atoms with Crippen LogP contribution in [0, 0.1) is 12.7 Å². The van der Waals surface area contributed by atoms with Gasteiger partial charge in [-0.25, -0.2) is 4.39 Å². The Labute approximate surface area is 95.1 Å². The third kappa shape index (κ3) is 5.09. The quantitative estimate of drug-likeness (QED) is 0.669. The van der Waals surface area contributed by atoms with Crippen molar-refractivity contribution >= 4 is 0 Å². The van der Waals surface area contributed by atoms with Crippen LogP contribution in [0.25, 0.3) is 0 Å². The molecule has 0 aliphatic rings. The second kappa shape index (κ2) is 7.19. The van der Waals surface area contributed by atoms with Gasteiger partial charge in [-0.3, -0.25) is 0 Å². The summed E-state index contributed by atoms with van der Waals surface area (Å²) in [6.07, 6.45) is 0. The topological polar surface area (TPSA) is 27.7 Å². The van der Waals surface area contributed by atoms with Crippen LogP contribution in [0.4, 0.5) is 4.39 Å². The number of ether oxygens (including phenoxy) is 3. The monoisotopic (exact) mass is 228 g/mol. The summed E-state index contributed by atoms with van der Waals surface area (Å²) in [6.45, 7) is 3.82. The second-order valence-corrected chi connectivity index (χ2v) is 3.42. The van der Waals surface area contributed by atoms with E-state index >= 15 is 0 Å². The number of rotatable bonds is 7. The summed E-state index contributed by atoms with van der Waals surface area (Å²) in [5, 5.41) is 0. The maximum absolute atomic E-state index is 13.0.